The Morgan fingerprint density at radius 2 is 0.621 bits per heavy atom. The van der Waals surface area contributed by atoms with E-state index >= 15 is 13.2 Å². The molecule has 0 saturated carbocycles. The van der Waals surface area contributed by atoms with Crippen LogP contribution in [-0.2, 0) is 6.18 Å². The maximum Gasteiger partial charge on any atom is 0.420 e. The molecule has 0 saturated heterocycles. The van der Waals surface area contributed by atoms with Crippen LogP contribution in [-0.4, -0.2) is 0 Å². The second-order valence-electron chi connectivity index (χ2n) is 22.5. The van der Waals surface area contributed by atoms with Crippen LogP contribution >= 0.6 is 0 Å². The minimum absolute atomic E-state index is 0.230. The first-order chi connectivity index (χ1) is 42.7. The molecule has 0 atom stereocenters. The fourth-order valence-corrected chi connectivity index (χ4v) is 14.0. The van der Waals surface area contributed by atoms with E-state index in [2.05, 4.69) is 168 Å². The van der Waals surface area contributed by atoms with Crippen molar-refractivity contribution in [3.8, 4) is 22.3 Å². The van der Waals surface area contributed by atoms with Crippen molar-refractivity contribution in [1.29, 1.82) is 0 Å². The van der Waals surface area contributed by atoms with Gasteiger partial charge in [0.05, 0.1) is 39.7 Å². The SMILES string of the molecule is Cc1cccc2c1oc1c(N(c3cc(-c4ccccc4)c4ccc5c(N(c6cccc7c6oc6ccccc67)c6cccc7c6oc6c(C(F)(F)F)cccc67)cc(-c6ccccc6)c6ccc3c4c65)c3cccc4c3oc3ccccc34)cccc12. The molecule has 18 rings (SSSR count). The highest BCUT2D eigenvalue weighted by molar-refractivity contribution is 6.33. The number of nitrogens with zero attached hydrogens (tertiary/aromatic N) is 2. The normalized spacial score (nSPS) is 12.4. The number of furan rings is 4. The van der Waals surface area contributed by atoms with Crippen LogP contribution in [0.4, 0.5) is 47.3 Å². The Morgan fingerprint density at radius 1 is 0.276 bits per heavy atom. The lowest BCUT2D eigenvalue weighted by Crippen LogP contribution is -2.13. The molecule has 0 unspecified atom stereocenters. The quantitative estimate of drug-likeness (QED) is 0.141. The number of para-hydroxylation sites is 8. The molecule has 4 heterocycles. The summed E-state index contributed by atoms with van der Waals surface area (Å²) < 4.78 is 72.8. The van der Waals surface area contributed by atoms with Gasteiger partial charge in [-0.3, -0.25) is 0 Å². The summed E-state index contributed by atoms with van der Waals surface area (Å²) in [6.45, 7) is 2.08. The topological polar surface area (TPSA) is 59.0 Å². The summed E-state index contributed by atoms with van der Waals surface area (Å²) in [5.41, 5.74) is 13.1. The molecular formula is C78H45F3N2O4. The summed E-state index contributed by atoms with van der Waals surface area (Å²) in [7, 11) is 0. The zero-order valence-corrected chi connectivity index (χ0v) is 46.4. The molecule has 18 aromatic rings. The van der Waals surface area contributed by atoms with Crippen LogP contribution in [0.5, 0.6) is 0 Å². The summed E-state index contributed by atoms with van der Waals surface area (Å²) >= 11 is 0. The van der Waals surface area contributed by atoms with Gasteiger partial charge in [-0.1, -0.05) is 200 Å². The largest absolute Gasteiger partial charge is 0.454 e. The first kappa shape index (κ1) is 49.2. The van der Waals surface area contributed by atoms with Crippen molar-refractivity contribution in [2.24, 2.45) is 0 Å². The molecule has 14 aromatic carbocycles. The molecular weight excluding hydrogens is 1090 g/mol. The van der Waals surface area contributed by atoms with Gasteiger partial charge in [-0.2, -0.15) is 13.2 Å². The molecule has 9 heteroatoms. The van der Waals surface area contributed by atoms with Crippen molar-refractivity contribution in [3.63, 3.8) is 0 Å². The van der Waals surface area contributed by atoms with E-state index in [4.69, 9.17) is 17.7 Å². The van der Waals surface area contributed by atoms with E-state index in [1.165, 1.54) is 6.07 Å². The lowest BCUT2D eigenvalue weighted by Gasteiger charge is -2.31. The average molecular weight is 1130 g/mol. The number of fused-ring (bicyclic) bond motifs is 12. The van der Waals surface area contributed by atoms with E-state index in [0.29, 0.717) is 38.9 Å². The van der Waals surface area contributed by atoms with Crippen molar-refractivity contribution in [2.45, 2.75) is 13.1 Å². The van der Waals surface area contributed by atoms with Crippen molar-refractivity contribution in [3.05, 3.63) is 266 Å². The minimum atomic E-state index is -4.67. The third kappa shape index (κ3) is 7.17. The van der Waals surface area contributed by atoms with Crippen molar-refractivity contribution >= 4 is 154 Å². The molecule has 0 fully saturated rings. The van der Waals surface area contributed by atoms with E-state index in [9.17, 15) is 0 Å². The first-order valence-electron chi connectivity index (χ1n) is 29.0. The number of hydrogen-bond donors (Lipinski definition) is 0. The molecule has 0 N–H and O–H groups in total. The lowest BCUT2D eigenvalue weighted by atomic mass is 9.85. The fourth-order valence-electron chi connectivity index (χ4n) is 14.0. The molecule has 0 aliphatic rings. The zero-order valence-electron chi connectivity index (χ0n) is 46.4. The van der Waals surface area contributed by atoms with Gasteiger partial charge < -0.3 is 27.5 Å². The molecule has 4 aromatic heterocycles. The maximum absolute atomic E-state index is 15.0. The third-order valence-electron chi connectivity index (χ3n) is 17.7. The summed E-state index contributed by atoms with van der Waals surface area (Å²) in [6.07, 6.45) is -4.67. The number of halogens is 3. The Bertz CT molecular complexity index is 5850. The van der Waals surface area contributed by atoms with E-state index in [1.807, 2.05) is 84.9 Å². The summed E-state index contributed by atoms with van der Waals surface area (Å²) in [4.78, 5) is 4.47. The second-order valence-corrected chi connectivity index (χ2v) is 22.5. The molecule has 6 nitrogen and oxygen atoms in total. The highest BCUT2D eigenvalue weighted by atomic mass is 19.4. The van der Waals surface area contributed by atoms with Gasteiger partial charge in [0.25, 0.3) is 0 Å². The molecule has 0 aliphatic heterocycles. The summed E-state index contributed by atoms with van der Waals surface area (Å²) in [5.74, 6) is 0. The molecule has 0 amide bonds. The number of benzene rings is 14. The lowest BCUT2D eigenvalue weighted by molar-refractivity contribution is -0.136. The monoisotopic (exact) mass is 1130 g/mol. The van der Waals surface area contributed by atoms with Gasteiger partial charge in [-0.15, -0.1) is 0 Å². The van der Waals surface area contributed by atoms with Crippen molar-refractivity contribution in [2.75, 3.05) is 9.80 Å². The van der Waals surface area contributed by atoms with Crippen LogP contribution in [0.25, 0.3) is 142 Å². The third-order valence-corrected chi connectivity index (χ3v) is 17.7. The number of anilines is 6. The van der Waals surface area contributed by atoms with Gasteiger partial charge in [0.15, 0.2) is 22.3 Å². The van der Waals surface area contributed by atoms with Crippen molar-refractivity contribution in [1.82, 2.24) is 0 Å². The Labute approximate surface area is 493 Å². The first-order valence-corrected chi connectivity index (χ1v) is 29.0. The Balaban J connectivity index is 1.01. The second kappa shape index (κ2) is 18.4. The van der Waals surface area contributed by atoms with Gasteiger partial charge in [-0.05, 0) is 100 Å². The Hall–Kier alpha value is -11.3. The van der Waals surface area contributed by atoms with Crippen LogP contribution in [0.3, 0.4) is 0 Å². The minimum Gasteiger partial charge on any atom is -0.454 e. The smallest absolute Gasteiger partial charge is 0.420 e. The number of alkyl halides is 3. The average Bonchev–Trinajstić information content (AvgIpc) is 1.32. The zero-order chi connectivity index (χ0) is 57.8. The van der Waals surface area contributed by atoms with Crippen LogP contribution in [0.1, 0.15) is 11.1 Å². The van der Waals surface area contributed by atoms with E-state index < -0.39 is 11.7 Å². The number of hydrogen-bond acceptors (Lipinski definition) is 6. The van der Waals surface area contributed by atoms with Crippen molar-refractivity contribution < 1.29 is 30.8 Å². The molecule has 0 spiro atoms. The van der Waals surface area contributed by atoms with Gasteiger partial charge in [-0.25, -0.2) is 0 Å². The van der Waals surface area contributed by atoms with Gasteiger partial charge >= 0.3 is 6.18 Å². The van der Waals surface area contributed by atoms with Gasteiger partial charge in [0.2, 0.25) is 0 Å². The molecule has 0 aliphatic carbocycles. The summed E-state index contributed by atoms with van der Waals surface area (Å²) in [6, 6.07) is 85.5. The van der Waals surface area contributed by atoms with Crippen LogP contribution in [0.2, 0.25) is 0 Å². The van der Waals surface area contributed by atoms with Crippen LogP contribution < -0.4 is 9.80 Å². The van der Waals surface area contributed by atoms with E-state index in [-0.39, 0.29) is 5.58 Å². The molecule has 0 radical (unpaired) electrons. The Kier molecular flexibility index (Phi) is 10.4. The standard InChI is InChI=1S/C78H45F3N2O4/c1-44-18-12-25-53-55-29-16-34-64(76(55)86-72(44)53)82(62-32-14-27-51-47-23-8-10-36-68(47)84-74(51)62)66-42-59(45-19-4-2-5-20-45)49-39-41-58-67(43-60(46-21-6-3-7-22-46)50-38-40-57(66)70(49)71(50)58)83(63-33-15-28-52-48-24-9-11-37-69(48)85-75(52)63)65-35-17-30-56-54-26-13-31-61(78(79,80)81)73(54)87-77(56)65/h2-43H,1H3. The fraction of sp³-hybridized carbons (Fsp3) is 0.0256. The van der Waals surface area contributed by atoms with E-state index in [0.717, 1.165) is 144 Å². The molecule has 0 bridgehead atoms. The number of rotatable bonds is 8. The highest BCUT2D eigenvalue weighted by Gasteiger charge is 2.36. The predicted octanol–water partition coefficient (Wildman–Crippen LogP) is 23.8. The van der Waals surface area contributed by atoms with Gasteiger partial charge in [0, 0.05) is 64.6 Å². The number of aryl methyl sites for hydroxylation is 1. The molecule has 87 heavy (non-hydrogen) atoms. The summed E-state index contributed by atoms with van der Waals surface area (Å²) in [5, 5.41) is 12.6. The van der Waals surface area contributed by atoms with Crippen LogP contribution in [0, 0.1) is 6.92 Å². The maximum atomic E-state index is 15.0. The Morgan fingerprint density at radius 3 is 1.08 bits per heavy atom. The highest BCUT2D eigenvalue weighted by Crippen LogP contribution is 2.56. The molecule has 412 valence electrons. The predicted molar refractivity (Wildman–Crippen MR) is 349 cm³/mol. The van der Waals surface area contributed by atoms with Gasteiger partial charge in [0.1, 0.15) is 22.3 Å². The van der Waals surface area contributed by atoms with E-state index in [1.54, 1.807) is 6.07 Å². The van der Waals surface area contributed by atoms with Crippen LogP contribution in [0.15, 0.2) is 272 Å².